The monoisotopic (exact) mass is 554 g/mol. The quantitative estimate of drug-likeness (QED) is 0.308. The molecule has 1 aliphatic heterocycles. The van der Waals surface area contributed by atoms with Crippen LogP contribution in [0.3, 0.4) is 0 Å². The number of nitrogens with zero attached hydrogens (tertiary/aromatic N) is 4. The molecule has 1 fully saturated rings. The van der Waals surface area contributed by atoms with Crippen molar-refractivity contribution in [1.29, 1.82) is 0 Å². The fourth-order valence-electron chi connectivity index (χ4n) is 3.65. The topological polar surface area (TPSA) is 68.9 Å². The van der Waals surface area contributed by atoms with Crippen molar-refractivity contribution in [3.8, 4) is 0 Å². The third kappa shape index (κ3) is 7.65. The van der Waals surface area contributed by atoms with Gasteiger partial charge >= 0.3 is 0 Å². The standard InChI is InChI=1S/C24H38N6O.HI/c1-6-25-23(28-18-22-26-17-21(31-22)24(3,4)5)27-16-19(2)29-12-14-30(15-13-29)20-10-8-7-9-11-20;/h7-11,17,19H,6,12-16,18H2,1-5H3,(H2,25,27,28);1H. The lowest BCUT2D eigenvalue weighted by Crippen LogP contribution is -2.53. The fourth-order valence-corrected chi connectivity index (χ4v) is 3.65. The summed E-state index contributed by atoms with van der Waals surface area (Å²) in [6.45, 7) is 17.0. The zero-order valence-electron chi connectivity index (χ0n) is 20.1. The fraction of sp³-hybridized carbons (Fsp3) is 0.583. The predicted molar refractivity (Wildman–Crippen MR) is 143 cm³/mol. The Kier molecular flexibility index (Phi) is 10.3. The molecule has 0 aliphatic carbocycles. The Bertz CT molecular complexity index is 825. The molecule has 1 aromatic carbocycles. The molecule has 1 unspecified atom stereocenters. The van der Waals surface area contributed by atoms with Gasteiger partial charge in [-0.3, -0.25) is 4.90 Å². The van der Waals surface area contributed by atoms with Crippen molar-refractivity contribution in [2.45, 2.75) is 52.6 Å². The maximum atomic E-state index is 5.86. The van der Waals surface area contributed by atoms with Gasteiger partial charge in [0.15, 0.2) is 5.96 Å². The molecule has 2 heterocycles. The van der Waals surface area contributed by atoms with Crippen molar-refractivity contribution in [1.82, 2.24) is 20.5 Å². The second-order valence-electron chi connectivity index (χ2n) is 9.15. The van der Waals surface area contributed by atoms with Gasteiger partial charge in [0.2, 0.25) is 5.89 Å². The number of aromatic nitrogens is 1. The summed E-state index contributed by atoms with van der Waals surface area (Å²) in [5, 5.41) is 6.80. The van der Waals surface area contributed by atoms with Crippen LogP contribution in [0.25, 0.3) is 0 Å². The van der Waals surface area contributed by atoms with E-state index < -0.39 is 0 Å². The molecule has 0 bridgehead atoms. The number of nitrogens with one attached hydrogen (secondary N) is 2. The van der Waals surface area contributed by atoms with E-state index in [9.17, 15) is 0 Å². The number of hydrogen-bond donors (Lipinski definition) is 2. The van der Waals surface area contributed by atoms with Crippen LogP contribution in [0.1, 0.15) is 46.3 Å². The molecule has 0 spiro atoms. The highest BCUT2D eigenvalue weighted by atomic mass is 127. The van der Waals surface area contributed by atoms with E-state index >= 15 is 0 Å². The average Bonchev–Trinajstić information content (AvgIpc) is 3.26. The number of piperazine rings is 1. The van der Waals surface area contributed by atoms with E-state index in [1.54, 1.807) is 0 Å². The number of rotatable bonds is 7. The van der Waals surface area contributed by atoms with Crippen molar-refractivity contribution in [3.63, 3.8) is 0 Å². The van der Waals surface area contributed by atoms with Crippen LogP contribution >= 0.6 is 24.0 Å². The lowest BCUT2D eigenvalue weighted by Gasteiger charge is -2.39. The molecule has 0 radical (unpaired) electrons. The Morgan fingerprint density at radius 3 is 2.41 bits per heavy atom. The normalized spacial score (nSPS) is 16.4. The molecule has 2 aromatic rings. The zero-order chi connectivity index (χ0) is 22.3. The van der Waals surface area contributed by atoms with Gasteiger partial charge in [-0.25, -0.2) is 9.98 Å². The summed E-state index contributed by atoms with van der Waals surface area (Å²) in [4.78, 5) is 14.0. The zero-order valence-corrected chi connectivity index (χ0v) is 22.4. The highest BCUT2D eigenvalue weighted by molar-refractivity contribution is 14.0. The molecular weight excluding hydrogens is 515 g/mol. The summed E-state index contributed by atoms with van der Waals surface area (Å²) in [6.07, 6.45) is 1.81. The molecule has 8 heteroatoms. The largest absolute Gasteiger partial charge is 0.443 e. The molecule has 7 nitrogen and oxygen atoms in total. The lowest BCUT2D eigenvalue weighted by molar-refractivity contribution is 0.197. The van der Waals surface area contributed by atoms with Gasteiger partial charge in [-0.2, -0.15) is 0 Å². The Morgan fingerprint density at radius 2 is 1.81 bits per heavy atom. The molecule has 0 amide bonds. The minimum Gasteiger partial charge on any atom is -0.443 e. The van der Waals surface area contributed by atoms with Crippen LogP contribution in [0.4, 0.5) is 5.69 Å². The SMILES string of the molecule is CCNC(=NCc1ncc(C(C)(C)C)o1)NCC(C)N1CCN(c2ccccc2)CC1.I. The van der Waals surface area contributed by atoms with E-state index in [4.69, 9.17) is 4.42 Å². The maximum Gasteiger partial charge on any atom is 0.216 e. The molecule has 1 saturated heterocycles. The van der Waals surface area contributed by atoms with Gasteiger partial charge in [0.05, 0.1) is 6.20 Å². The van der Waals surface area contributed by atoms with Crippen molar-refractivity contribution >= 4 is 35.6 Å². The van der Waals surface area contributed by atoms with Gasteiger partial charge in [0.25, 0.3) is 0 Å². The Labute approximate surface area is 210 Å². The van der Waals surface area contributed by atoms with E-state index in [2.05, 4.69) is 95.4 Å². The molecule has 178 valence electrons. The first-order chi connectivity index (χ1) is 14.9. The second-order valence-corrected chi connectivity index (χ2v) is 9.15. The summed E-state index contributed by atoms with van der Waals surface area (Å²) >= 11 is 0. The van der Waals surface area contributed by atoms with Gasteiger partial charge in [-0.05, 0) is 26.0 Å². The van der Waals surface area contributed by atoms with Crippen LogP contribution in [0.5, 0.6) is 0 Å². The Balaban J connectivity index is 0.00000363. The summed E-state index contributed by atoms with van der Waals surface area (Å²) < 4.78 is 5.86. The number of hydrogen-bond acceptors (Lipinski definition) is 5. The van der Waals surface area contributed by atoms with Crippen LogP contribution < -0.4 is 15.5 Å². The molecule has 1 atom stereocenters. The van der Waals surface area contributed by atoms with Crippen LogP contribution in [-0.4, -0.2) is 61.2 Å². The summed E-state index contributed by atoms with van der Waals surface area (Å²) in [6, 6.07) is 11.1. The summed E-state index contributed by atoms with van der Waals surface area (Å²) in [5.74, 6) is 2.33. The number of para-hydroxylation sites is 1. The molecule has 1 aromatic heterocycles. The maximum absolute atomic E-state index is 5.86. The van der Waals surface area contributed by atoms with Gasteiger partial charge in [0, 0.05) is 56.4 Å². The van der Waals surface area contributed by atoms with Gasteiger partial charge in [-0.1, -0.05) is 39.0 Å². The minimum absolute atomic E-state index is 0. The van der Waals surface area contributed by atoms with E-state index in [1.807, 2.05) is 6.20 Å². The number of halogens is 1. The summed E-state index contributed by atoms with van der Waals surface area (Å²) in [5.41, 5.74) is 1.27. The van der Waals surface area contributed by atoms with E-state index in [1.165, 1.54) is 5.69 Å². The van der Waals surface area contributed by atoms with Crippen molar-refractivity contribution in [3.05, 3.63) is 48.2 Å². The average molecular weight is 555 g/mol. The van der Waals surface area contributed by atoms with E-state index in [0.717, 1.165) is 51.0 Å². The van der Waals surface area contributed by atoms with Crippen molar-refractivity contribution in [2.24, 2.45) is 4.99 Å². The molecule has 32 heavy (non-hydrogen) atoms. The van der Waals surface area contributed by atoms with Crippen LogP contribution in [0.15, 0.2) is 45.9 Å². The molecule has 1 aliphatic rings. The van der Waals surface area contributed by atoms with Crippen molar-refractivity contribution < 1.29 is 4.42 Å². The van der Waals surface area contributed by atoms with Crippen LogP contribution in [0, 0.1) is 0 Å². The number of oxazole rings is 1. The summed E-state index contributed by atoms with van der Waals surface area (Å²) in [7, 11) is 0. The minimum atomic E-state index is -0.0440. The smallest absolute Gasteiger partial charge is 0.216 e. The third-order valence-electron chi connectivity index (χ3n) is 5.63. The molecule has 3 rings (SSSR count). The Morgan fingerprint density at radius 1 is 1.12 bits per heavy atom. The Hall–Kier alpha value is -1.81. The highest BCUT2D eigenvalue weighted by Crippen LogP contribution is 2.22. The lowest BCUT2D eigenvalue weighted by atomic mass is 9.94. The van der Waals surface area contributed by atoms with Gasteiger partial charge in [0.1, 0.15) is 12.3 Å². The number of anilines is 1. The molecular formula is C24H39IN6O. The molecule has 0 saturated carbocycles. The van der Waals surface area contributed by atoms with Crippen LogP contribution in [-0.2, 0) is 12.0 Å². The highest BCUT2D eigenvalue weighted by Gasteiger charge is 2.22. The van der Waals surface area contributed by atoms with E-state index in [0.29, 0.717) is 18.5 Å². The van der Waals surface area contributed by atoms with Crippen molar-refractivity contribution in [2.75, 3.05) is 44.2 Å². The predicted octanol–water partition coefficient (Wildman–Crippen LogP) is 3.86. The number of aliphatic imine (C=N–C) groups is 1. The first-order valence-electron chi connectivity index (χ1n) is 11.4. The first kappa shape index (κ1) is 26.4. The number of guanidine groups is 1. The van der Waals surface area contributed by atoms with Gasteiger partial charge in [-0.15, -0.1) is 24.0 Å². The van der Waals surface area contributed by atoms with Gasteiger partial charge < -0.3 is 20.0 Å². The first-order valence-corrected chi connectivity index (χ1v) is 11.4. The second kappa shape index (κ2) is 12.4. The van der Waals surface area contributed by atoms with E-state index in [-0.39, 0.29) is 29.4 Å². The van der Waals surface area contributed by atoms with Crippen LogP contribution in [0.2, 0.25) is 0 Å². The number of benzene rings is 1. The third-order valence-corrected chi connectivity index (χ3v) is 5.63. The molecule has 2 N–H and O–H groups in total.